The molecule has 0 saturated heterocycles. The third kappa shape index (κ3) is 2.15. The third-order valence-electron chi connectivity index (χ3n) is 4.74. The summed E-state index contributed by atoms with van der Waals surface area (Å²) in [6, 6.07) is 0. The Morgan fingerprint density at radius 1 is 0.786 bits per heavy atom. The van der Waals surface area contributed by atoms with Crippen molar-refractivity contribution in [3.8, 4) is 0 Å². The number of rotatable bonds is 2. The van der Waals surface area contributed by atoms with Gasteiger partial charge in [0.15, 0.2) is 0 Å². The summed E-state index contributed by atoms with van der Waals surface area (Å²) in [5.41, 5.74) is 0. The van der Waals surface area contributed by atoms with Crippen LogP contribution in [0.2, 0.25) is 0 Å². The summed E-state index contributed by atoms with van der Waals surface area (Å²) in [7, 11) is 0. The molecule has 2 saturated carbocycles. The van der Waals surface area contributed by atoms with E-state index in [4.69, 9.17) is 0 Å². The second kappa shape index (κ2) is 4.68. The molecule has 0 heteroatoms. The van der Waals surface area contributed by atoms with Crippen molar-refractivity contribution < 1.29 is 0 Å². The third-order valence-corrected chi connectivity index (χ3v) is 4.74. The van der Waals surface area contributed by atoms with Gasteiger partial charge < -0.3 is 0 Å². The van der Waals surface area contributed by atoms with Gasteiger partial charge in [-0.25, -0.2) is 0 Å². The molecular formula is C14H26. The summed E-state index contributed by atoms with van der Waals surface area (Å²) < 4.78 is 0. The van der Waals surface area contributed by atoms with Gasteiger partial charge in [-0.3, -0.25) is 0 Å². The maximum Gasteiger partial charge on any atom is -0.0355 e. The van der Waals surface area contributed by atoms with Gasteiger partial charge in [0.05, 0.1) is 0 Å². The van der Waals surface area contributed by atoms with E-state index in [-0.39, 0.29) is 0 Å². The van der Waals surface area contributed by atoms with Gasteiger partial charge in [0.25, 0.3) is 0 Å². The second-order valence-corrected chi connectivity index (χ2v) is 5.90. The largest absolute Gasteiger partial charge is 0.0625 e. The summed E-state index contributed by atoms with van der Waals surface area (Å²) in [6.45, 7) is 4.87. The van der Waals surface area contributed by atoms with Gasteiger partial charge in [-0.05, 0) is 36.5 Å². The lowest BCUT2D eigenvalue weighted by atomic mass is 9.72. The fourth-order valence-electron chi connectivity index (χ4n) is 3.99. The number of hydrogen-bond acceptors (Lipinski definition) is 0. The van der Waals surface area contributed by atoms with E-state index in [1.165, 1.54) is 32.1 Å². The predicted octanol–water partition coefficient (Wildman–Crippen LogP) is 4.64. The molecule has 2 aliphatic carbocycles. The lowest BCUT2D eigenvalue weighted by molar-refractivity contribution is 0.170. The molecule has 2 aliphatic rings. The standard InChI is InChI=1S/C14H26/c1-11(2)13-9-6-10-14(13)12-7-4-3-5-8-12/h11-14H,3-10H2,1-2H3/t13?,14-/m1/s1. The van der Waals surface area contributed by atoms with Crippen LogP contribution in [0.4, 0.5) is 0 Å². The Kier molecular flexibility index (Phi) is 3.52. The summed E-state index contributed by atoms with van der Waals surface area (Å²) in [5, 5.41) is 0. The second-order valence-electron chi connectivity index (χ2n) is 5.90. The van der Waals surface area contributed by atoms with Crippen molar-refractivity contribution in [3.63, 3.8) is 0 Å². The monoisotopic (exact) mass is 194 g/mol. The Morgan fingerprint density at radius 2 is 1.50 bits per heavy atom. The highest BCUT2D eigenvalue weighted by Gasteiger charge is 2.35. The molecule has 2 fully saturated rings. The van der Waals surface area contributed by atoms with Crippen LogP contribution in [-0.4, -0.2) is 0 Å². The van der Waals surface area contributed by atoms with Crippen molar-refractivity contribution in [1.29, 1.82) is 0 Å². The highest BCUT2D eigenvalue weighted by molar-refractivity contribution is 4.85. The lowest BCUT2D eigenvalue weighted by Crippen LogP contribution is -2.24. The minimum absolute atomic E-state index is 0.935. The highest BCUT2D eigenvalue weighted by Crippen LogP contribution is 2.45. The summed E-state index contributed by atoms with van der Waals surface area (Å²) in [5.74, 6) is 4.22. The maximum absolute atomic E-state index is 2.44. The molecule has 0 radical (unpaired) electrons. The zero-order chi connectivity index (χ0) is 9.97. The van der Waals surface area contributed by atoms with Gasteiger partial charge in [-0.15, -0.1) is 0 Å². The average Bonchev–Trinajstić information content (AvgIpc) is 2.67. The molecule has 0 aliphatic heterocycles. The molecule has 0 nitrogen and oxygen atoms in total. The molecule has 14 heavy (non-hydrogen) atoms. The molecule has 0 aromatic rings. The van der Waals surface area contributed by atoms with Crippen molar-refractivity contribution in [2.45, 2.75) is 65.2 Å². The first-order chi connectivity index (χ1) is 6.79. The van der Waals surface area contributed by atoms with Crippen LogP contribution in [0, 0.1) is 23.7 Å². The van der Waals surface area contributed by atoms with Crippen LogP contribution < -0.4 is 0 Å². The van der Waals surface area contributed by atoms with Crippen molar-refractivity contribution in [2.24, 2.45) is 23.7 Å². The molecule has 0 bridgehead atoms. The molecule has 0 spiro atoms. The molecule has 0 amide bonds. The van der Waals surface area contributed by atoms with Crippen LogP contribution in [0.25, 0.3) is 0 Å². The van der Waals surface area contributed by atoms with Gasteiger partial charge >= 0.3 is 0 Å². The lowest BCUT2D eigenvalue weighted by Gasteiger charge is -2.33. The van der Waals surface area contributed by atoms with E-state index in [2.05, 4.69) is 13.8 Å². The van der Waals surface area contributed by atoms with Crippen LogP contribution >= 0.6 is 0 Å². The molecule has 2 atom stereocenters. The Hall–Kier alpha value is 0. The van der Waals surface area contributed by atoms with E-state index in [1.807, 2.05) is 0 Å². The van der Waals surface area contributed by atoms with Gasteiger partial charge in [0.1, 0.15) is 0 Å². The van der Waals surface area contributed by atoms with Gasteiger partial charge in [0, 0.05) is 0 Å². The summed E-state index contributed by atoms with van der Waals surface area (Å²) in [6.07, 6.45) is 12.2. The Balaban J connectivity index is 1.94. The van der Waals surface area contributed by atoms with Gasteiger partial charge in [-0.2, -0.15) is 0 Å². The highest BCUT2D eigenvalue weighted by atomic mass is 14.4. The molecule has 0 N–H and O–H groups in total. The van der Waals surface area contributed by atoms with E-state index in [0.29, 0.717) is 0 Å². The van der Waals surface area contributed by atoms with E-state index in [1.54, 1.807) is 19.3 Å². The topological polar surface area (TPSA) is 0 Å². The zero-order valence-electron chi connectivity index (χ0n) is 9.97. The van der Waals surface area contributed by atoms with Crippen molar-refractivity contribution in [1.82, 2.24) is 0 Å². The molecule has 0 heterocycles. The molecule has 1 unspecified atom stereocenters. The smallest absolute Gasteiger partial charge is 0.0355 e. The van der Waals surface area contributed by atoms with Crippen LogP contribution in [0.15, 0.2) is 0 Å². The van der Waals surface area contributed by atoms with E-state index >= 15 is 0 Å². The Labute approximate surface area is 89.5 Å². The normalized spacial score (nSPS) is 35.4. The zero-order valence-corrected chi connectivity index (χ0v) is 9.97. The molecule has 0 aromatic carbocycles. The minimum atomic E-state index is 0.935. The predicted molar refractivity (Wildman–Crippen MR) is 62.2 cm³/mol. The minimum Gasteiger partial charge on any atom is -0.0625 e. The first-order valence-corrected chi connectivity index (χ1v) is 6.79. The van der Waals surface area contributed by atoms with E-state index in [9.17, 15) is 0 Å². The Morgan fingerprint density at radius 3 is 2.14 bits per heavy atom. The van der Waals surface area contributed by atoms with Gasteiger partial charge in [-0.1, -0.05) is 52.4 Å². The fourth-order valence-corrected chi connectivity index (χ4v) is 3.99. The van der Waals surface area contributed by atoms with Crippen LogP contribution in [0.5, 0.6) is 0 Å². The van der Waals surface area contributed by atoms with Crippen molar-refractivity contribution in [3.05, 3.63) is 0 Å². The first-order valence-electron chi connectivity index (χ1n) is 6.79. The quantitative estimate of drug-likeness (QED) is 0.601. The summed E-state index contributed by atoms with van der Waals surface area (Å²) in [4.78, 5) is 0. The maximum atomic E-state index is 2.44. The number of hydrogen-bond donors (Lipinski definition) is 0. The molecular weight excluding hydrogens is 168 g/mol. The average molecular weight is 194 g/mol. The SMILES string of the molecule is CC(C)C1CCC[C@@H]1C1CCCCC1. The molecule has 82 valence electrons. The van der Waals surface area contributed by atoms with Crippen LogP contribution in [0.1, 0.15) is 65.2 Å². The van der Waals surface area contributed by atoms with E-state index < -0.39 is 0 Å². The fraction of sp³-hybridized carbons (Fsp3) is 1.00. The Bertz CT molecular complexity index is 165. The summed E-state index contributed by atoms with van der Waals surface area (Å²) >= 11 is 0. The molecule has 2 rings (SSSR count). The van der Waals surface area contributed by atoms with Crippen molar-refractivity contribution in [2.75, 3.05) is 0 Å². The van der Waals surface area contributed by atoms with Gasteiger partial charge in [0.2, 0.25) is 0 Å². The van der Waals surface area contributed by atoms with Crippen LogP contribution in [-0.2, 0) is 0 Å². The van der Waals surface area contributed by atoms with Crippen LogP contribution in [0.3, 0.4) is 0 Å². The van der Waals surface area contributed by atoms with Crippen molar-refractivity contribution >= 4 is 0 Å². The first kappa shape index (κ1) is 10.5. The molecule has 0 aromatic heterocycles. The van der Waals surface area contributed by atoms with E-state index in [0.717, 1.165) is 23.7 Å².